The molecule has 0 amide bonds. The number of esters is 1. The number of benzene rings is 1. The van der Waals surface area contributed by atoms with Crippen LogP contribution in [0.5, 0.6) is 5.75 Å². The summed E-state index contributed by atoms with van der Waals surface area (Å²) >= 11 is 1.62. The van der Waals surface area contributed by atoms with Gasteiger partial charge in [-0.1, -0.05) is 25.2 Å². The van der Waals surface area contributed by atoms with E-state index in [2.05, 4.69) is 11.8 Å². The Labute approximate surface area is 149 Å². The number of ether oxygens (including phenoxy) is 2. The highest BCUT2D eigenvalue weighted by Crippen LogP contribution is 2.37. The number of hydrogen-bond acceptors (Lipinski definition) is 4. The molecule has 4 heteroatoms. The van der Waals surface area contributed by atoms with Gasteiger partial charge in [-0.2, -0.15) is 0 Å². The summed E-state index contributed by atoms with van der Waals surface area (Å²) in [6.07, 6.45) is 5.95. The van der Waals surface area contributed by atoms with E-state index >= 15 is 0 Å². The monoisotopic (exact) mass is 346 g/mol. The zero-order valence-corrected chi connectivity index (χ0v) is 15.4. The molecule has 0 aliphatic heterocycles. The number of carbonyl (C=O) groups is 1. The van der Waals surface area contributed by atoms with Crippen molar-refractivity contribution in [2.75, 3.05) is 13.2 Å². The molecule has 1 saturated carbocycles. The van der Waals surface area contributed by atoms with Gasteiger partial charge in [-0.25, -0.2) is 0 Å². The molecule has 0 N–H and O–H groups in total. The number of carbonyl (C=O) groups excluding carboxylic acids is 1. The Balaban J connectivity index is 2.01. The van der Waals surface area contributed by atoms with E-state index in [0.717, 1.165) is 23.5 Å². The van der Waals surface area contributed by atoms with Crippen LogP contribution < -0.4 is 4.74 Å². The van der Waals surface area contributed by atoms with Gasteiger partial charge in [-0.05, 0) is 56.9 Å². The van der Waals surface area contributed by atoms with Gasteiger partial charge in [0.25, 0.3) is 0 Å². The fourth-order valence-electron chi connectivity index (χ4n) is 2.95. The summed E-state index contributed by atoms with van der Waals surface area (Å²) in [4.78, 5) is 13.5. The van der Waals surface area contributed by atoms with Crippen molar-refractivity contribution >= 4 is 17.7 Å². The lowest BCUT2D eigenvalue weighted by Gasteiger charge is -2.28. The van der Waals surface area contributed by atoms with Gasteiger partial charge in [0, 0.05) is 4.90 Å². The first kappa shape index (κ1) is 18.7. The van der Waals surface area contributed by atoms with Gasteiger partial charge >= 0.3 is 5.97 Å². The quantitative estimate of drug-likeness (QED) is 0.407. The number of rotatable bonds is 7. The standard InChI is InChI=1S/C20H26O3S/c1-3-5-15-23-17-11-13-18(14-12-17)24-19(20(21)22-4-2)16-9-7-6-8-10-16/h11-14,16,19H,4,6-10,15H2,1-2H3. The van der Waals surface area contributed by atoms with Crippen molar-refractivity contribution < 1.29 is 14.3 Å². The Morgan fingerprint density at radius 3 is 2.58 bits per heavy atom. The third kappa shape index (κ3) is 5.79. The lowest BCUT2D eigenvalue weighted by molar-refractivity contribution is -0.143. The lowest BCUT2D eigenvalue weighted by atomic mass is 9.87. The van der Waals surface area contributed by atoms with Crippen LogP contribution in [0.15, 0.2) is 29.2 Å². The topological polar surface area (TPSA) is 35.5 Å². The van der Waals surface area contributed by atoms with Crippen molar-refractivity contribution in [3.05, 3.63) is 24.3 Å². The molecular weight excluding hydrogens is 320 g/mol. The first-order chi connectivity index (χ1) is 11.7. The summed E-state index contributed by atoms with van der Waals surface area (Å²) < 4.78 is 10.9. The molecule has 0 heterocycles. The summed E-state index contributed by atoms with van der Waals surface area (Å²) in [6.45, 7) is 4.50. The molecule has 0 radical (unpaired) electrons. The van der Waals surface area contributed by atoms with Crippen LogP contribution in [0, 0.1) is 17.8 Å². The normalized spacial score (nSPS) is 15.9. The predicted octanol–water partition coefficient (Wildman–Crippen LogP) is 4.69. The Kier molecular flexibility index (Phi) is 8.04. The lowest BCUT2D eigenvalue weighted by Crippen LogP contribution is -2.30. The van der Waals surface area contributed by atoms with Crippen LogP contribution in [0.25, 0.3) is 0 Å². The molecule has 3 nitrogen and oxygen atoms in total. The molecule has 2 rings (SSSR count). The maximum absolute atomic E-state index is 12.4. The highest BCUT2D eigenvalue weighted by molar-refractivity contribution is 8.00. The minimum absolute atomic E-state index is 0.0760. The molecule has 1 aromatic rings. The Hall–Kier alpha value is -1.60. The Bertz CT molecular complexity index is 565. The maximum Gasteiger partial charge on any atom is 0.319 e. The van der Waals surface area contributed by atoms with E-state index in [-0.39, 0.29) is 11.2 Å². The van der Waals surface area contributed by atoms with Crippen LogP contribution in [-0.2, 0) is 9.53 Å². The molecule has 0 spiro atoms. The highest BCUT2D eigenvalue weighted by atomic mass is 32.2. The minimum atomic E-state index is -0.108. The molecule has 1 aromatic carbocycles. The van der Waals surface area contributed by atoms with Gasteiger partial charge in [0.1, 0.15) is 17.6 Å². The van der Waals surface area contributed by atoms with Crippen molar-refractivity contribution in [2.24, 2.45) is 5.92 Å². The van der Waals surface area contributed by atoms with Gasteiger partial charge in [-0.3, -0.25) is 4.79 Å². The average molecular weight is 346 g/mol. The molecule has 0 aromatic heterocycles. The van der Waals surface area contributed by atoms with Crippen LogP contribution in [0.1, 0.15) is 46.0 Å². The molecule has 130 valence electrons. The summed E-state index contributed by atoms with van der Waals surface area (Å²) in [5, 5.41) is -0.108. The molecule has 0 saturated heterocycles. The minimum Gasteiger partial charge on any atom is -0.481 e. The molecule has 1 aliphatic carbocycles. The average Bonchev–Trinajstić information content (AvgIpc) is 2.62. The van der Waals surface area contributed by atoms with E-state index < -0.39 is 0 Å². The molecular formula is C20H26O3S. The van der Waals surface area contributed by atoms with E-state index in [0.29, 0.717) is 19.1 Å². The van der Waals surface area contributed by atoms with Crippen molar-refractivity contribution in [2.45, 2.75) is 56.1 Å². The first-order valence-electron chi connectivity index (χ1n) is 8.70. The van der Waals surface area contributed by atoms with Gasteiger partial charge in [-0.15, -0.1) is 17.7 Å². The molecule has 24 heavy (non-hydrogen) atoms. The van der Waals surface area contributed by atoms with E-state index in [4.69, 9.17) is 9.47 Å². The third-order valence-corrected chi connectivity index (χ3v) is 5.55. The Morgan fingerprint density at radius 2 is 1.96 bits per heavy atom. The van der Waals surface area contributed by atoms with E-state index in [1.165, 1.54) is 19.3 Å². The zero-order valence-electron chi connectivity index (χ0n) is 14.5. The van der Waals surface area contributed by atoms with E-state index in [1.54, 1.807) is 18.7 Å². The van der Waals surface area contributed by atoms with Gasteiger partial charge in [0.2, 0.25) is 0 Å². The maximum atomic E-state index is 12.4. The van der Waals surface area contributed by atoms with Crippen LogP contribution in [0.3, 0.4) is 0 Å². The third-order valence-electron chi connectivity index (χ3n) is 4.17. The smallest absolute Gasteiger partial charge is 0.319 e. The molecule has 1 aliphatic rings. The fourth-order valence-corrected chi connectivity index (χ4v) is 4.17. The predicted molar refractivity (Wildman–Crippen MR) is 98.2 cm³/mol. The van der Waals surface area contributed by atoms with Crippen molar-refractivity contribution in [1.82, 2.24) is 0 Å². The zero-order chi connectivity index (χ0) is 17.2. The van der Waals surface area contributed by atoms with Crippen LogP contribution >= 0.6 is 11.8 Å². The van der Waals surface area contributed by atoms with Crippen LogP contribution in [0.4, 0.5) is 0 Å². The van der Waals surface area contributed by atoms with Gasteiger partial charge in [0.05, 0.1) is 6.61 Å². The fraction of sp³-hybridized carbons (Fsp3) is 0.550. The van der Waals surface area contributed by atoms with Crippen molar-refractivity contribution in [3.63, 3.8) is 0 Å². The molecule has 1 atom stereocenters. The number of hydrogen-bond donors (Lipinski definition) is 0. The van der Waals surface area contributed by atoms with Gasteiger partial charge < -0.3 is 9.47 Å². The van der Waals surface area contributed by atoms with Crippen molar-refractivity contribution in [1.29, 1.82) is 0 Å². The van der Waals surface area contributed by atoms with Crippen LogP contribution in [-0.4, -0.2) is 24.4 Å². The van der Waals surface area contributed by atoms with Crippen LogP contribution in [0.2, 0.25) is 0 Å². The Morgan fingerprint density at radius 1 is 1.25 bits per heavy atom. The molecule has 0 bridgehead atoms. The van der Waals surface area contributed by atoms with Crippen molar-refractivity contribution in [3.8, 4) is 17.6 Å². The van der Waals surface area contributed by atoms with Gasteiger partial charge in [0.15, 0.2) is 0 Å². The van der Waals surface area contributed by atoms with E-state index in [9.17, 15) is 4.79 Å². The summed E-state index contributed by atoms with van der Waals surface area (Å²) in [5.41, 5.74) is 0. The summed E-state index contributed by atoms with van der Waals surface area (Å²) in [5.74, 6) is 6.82. The summed E-state index contributed by atoms with van der Waals surface area (Å²) in [6, 6.07) is 7.88. The second kappa shape index (κ2) is 10.3. The molecule has 1 unspecified atom stereocenters. The van der Waals surface area contributed by atoms with E-state index in [1.807, 2.05) is 31.2 Å². The largest absolute Gasteiger partial charge is 0.481 e. The first-order valence-corrected chi connectivity index (χ1v) is 9.58. The number of thioether (sulfide) groups is 1. The second-order valence-electron chi connectivity index (χ2n) is 5.88. The SMILES string of the molecule is CC#CCOc1ccc(SC(C(=O)OCC)C2CCCCC2)cc1. The molecule has 1 fully saturated rings. The highest BCUT2D eigenvalue weighted by Gasteiger charge is 2.31. The second-order valence-corrected chi connectivity index (χ2v) is 7.09. The summed E-state index contributed by atoms with van der Waals surface area (Å²) in [7, 11) is 0.